The molecule has 2 unspecified atom stereocenters. The maximum Gasteiger partial charge on any atom is 0.307 e. The van der Waals surface area contributed by atoms with Gasteiger partial charge in [-0.15, -0.1) is 0 Å². The lowest BCUT2D eigenvalue weighted by atomic mass is 10.1. The summed E-state index contributed by atoms with van der Waals surface area (Å²) in [7, 11) is 0. The van der Waals surface area contributed by atoms with E-state index >= 15 is 0 Å². The summed E-state index contributed by atoms with van der Waals surface area (Å²) in [5.74, 6) is -2.01. The smallest absolute Gasteiger partial charge is 0.307 e. The van der Waals surface area contributed by atoms with Crippen molar-refractivity contribution in [3.63, 3.8) is 0 Å². The monoisotopic (exact) mass is 574 g/mol. The lowest BCUT2D eigenvalue weighted by molar-refractivity contribution is -0.147. The Bertz CT molecular complexity index is 1040. The number of likely N-dealkylation sites (tertiary alicyclic amines) is 1. The zero-order valence-electron chi connectivity index (χ0n) is 24.3. The van der Waals surface area contributed by atoms with Crippen molar-refractivity contribution in [2.75, 3.05) is 6.54 Å². The Morgan fingerprint density at radius 2 is 1.80 bits per heavy atom. The van der Waals surface area contributed by atoms with Crippen molar-refractivity contribution in [1.82, 2.24) is 25.1 Å². The number of nitrogens with two attached hydrogens (primary N) is 1. The summed E-state index contributed by atoms with van der Waals surface area (Å²) in [5.41, 5.74) is 6.09. The molecule has 0 saturated carbocycles. The molecule has 2 aliphatic rings. The third-order valence-corrected chi connectivity index (χ3v) is 7.85. The van der Waals surface area contributed by atoms with Crippen molar-refractivity contribution >= 4 is 29.6 Å². The van der Waals surface area contributed by atoms with Gasteiger partial charge in [-0.05, 0) is 25.7 Å². The number of carbonyl (C=O) groups excluding carboxylic acids is 5. The molecule has 1 aromatic heterocycles. The third kappa shape index (κ3) is 10.2. The van der Waals surface area contributed by atoms with E-state index in [1.54, 1.807) is 10.8 Å². The number of carbonyl (C=O) groups is 5. The fourth-order valence-electron chi connectivity index (χ4n) is 5.45. The highest BCUT2D eigenvalue weighted by atomic mass is 16.5. The Morgan fingerprint density at radius 3 is 2.46 bits per heavy atom. The molecule has 228 valence electrons. The first-order chi connectivity index (χ1) is 19.8. The van der Waals surface area contributed by atoms with Crippen LogP contribution in [0, 0.1) is 0 Å². The van der Waals surface area contributed by atoms with Gasteiger partial charge in [0.15, 0.2) is 6.73 Å². The number of hydrogen-bond donors (Lipinski definition) is 3. The Labute approximate surface area is 242 Å². The van der Waals surface area contributed by atoms with Gasteiger partial charge in [-0.2, -0.15) is 0 Å². The van der Waals surface area contributed by atoms with Crippen LogP contribution >= 0.6 is 0 Å². The summed E-state index contributed by atoms with van der Waals surface area (Å²) in [6.45, 7) is 2.50. The molecule has 12 heteroatoms. The van der Waals surface area contributed by atoms with Crippen LogP contribution < -0.4 is 16.4 Å². The summed E-state index contributed by atoms with van der Waals surface area (Å²) >= 11 is 0. The van der Waals surface area contributed by atoms with Gasteiger partial charge >= 0.3 is 5.97 Å². The molecule has 3 atom stereocenters. The SMILES string of the molecule is CCCCCCCCCCCC(=O)OCn1cncc1C[C@H](NC(=O)C1CCC(=O)N1)C(=O)N1CCCC1C(N)=O. The summed E-state index contributed by atoms with van der Waals surface area (Å²) < 4.78 is 7.07. The van der Waals surface area contributed by atoms with Crippen LogP contribution in [0.3, 0.4) is 0 Å². The topological polar surface area (TPSA) is 166 Å². The number of imidazole rings is 1. The van der Waals surface area contributed by atoms with Gasteiger partial charge in [0, 0.05) is 37.7 Å². The predicted molar refractivity (Wildman–Crippen MR) is 151 cm³/mol. The van der Waals surface area contributed by atoms with Gasteiger partial charge in [-0.3, -0.25) is 24.0 Å². The van der Waals surface area contributed by atoms with Gasteiger partial charge in [-0.1, -0.05) is 58.3 Å². The summed E-state index contributed by atoms with van der Waals surface area (Å²) in [4.78, 5) is 67.9. The molecule has 4 amide bonds. The fraction of sp³-hybridized carbons (Fsp3) is 0.724. The Hall–Kier alpha value is -3.44. The molecule has 41 heavy (non-hydrogen) atoms. The Morgan fingerprint density at radius 1 is 1.10 bits per heavy atom. The highest BCUT2D eigenvalue weighted by molar-refractivity contribution is 5.95. The normalized spacial score (nSPS) is 19.1. The van der Waals surface area contributed by atoms with Crippen molar-refractivity contribution in [3.05, 3.63) is 18.2 Å². The Kier molecular flexibility index (Phi) is 13.1. The number of nitrogens with zero attached hydrogens (tertiary/aromatic N) is 3. The molecule has 4 N–H and O–H groups in total. The van der Waals surface area contributed by atoms with Crippen molar-refractivity contribution in [2.45, 2.75) is 128 Å². The number of rotatable bonds is 18. The molecular weight excluding hydrogens is 528 g/mol. The molecule has 0 bridgehead atoms. The molecular formula is C29H46N6O6. The molecule has 0 aliphatic carbocycles. The average Bonchev–Trinajstić information content (AvgIpc) is 3.71. The first-order valence-corrected chi connectivity index (χ1v) is 15.1. The number of aromatic nitrogens is 2. The minimum atomic E-state index is -1.02. The molecule has 0 radical (unpaired) electrons. The molecule has 3 heterocycles. The van der Waals surface area contributed by atoms with E-state index in [4.69, 9.17) is 10.5 Å². The van der Waals surface area contributed by atoms with Gasteiger partial charge in [0.1, 0.15) is 18.1 Å². The van der Waals surface area contributed by atoms with Gasteiger partial charge in [0.25, 0.3) is 0 Å². The highest BCUT2D eigenvalue weighted by Gasteiger charge is 2.38. The number of primary amides is 1. The first-order valence-electron chi connectivity index (χ1n) is 15.1. The summed E-state index contributed by atoms with van der Waals surface area (Å²) in [6.07, 6.45) is 15.6. The molecule has 2 aliphatic heterocycles. The largest absolute Gasteiger partial charge is 0.444 e. The van der Waals surface area contributed by atoms with Gasteiger partial charge < -0.3 is 30.6 Å². The molecule has 3 rings (SSSR count). The zero-order valence-corrected chi connectivity index (χ0v) is 24.3. The number of esters is 1. The van der Waals surface area contributed by atoms with Crippen molar-refractivity contribution in [3.8, 4) is 0 Å². The van der Waals surface area contributed by atoms with Crippen LogP contribution in [0.15, 0.2) is 12.5 Å². The van der Waals surface area contributed by atoms with E-state index in [1.807, 2.05) is 0 Å². The summed E-state index contributed by atoms with van der Waals surface area (Å²) in [6, 6.07) is -2.48. The highest BCUT2D eigenvalue weighted by Crippen LogP contribution is 2.20. The van der Waals surface area contributed by atoms with Gasteiger partial charge in [0.05, 0.1) is 6.33 Å². The van der Waals surface area contributed by atoms with E-state index in [9.17, 15) is 24.0 Å². The molecule has 2 fully saturated rings. The lowest BCUT2D eigenvalue weighted by Crippen LogP contribution is -2.56. The average molecular weight is 575 g/mol. The van der Waals surface area contributed by atoms with E-state index in [0.29, 0.717) is 37.9 Å². The van der Waals surface area contributed by atoms with Crippen molar-refractivity contribution in [2.24, 2.45) is 5.73 Å². The van der Waals surface area contributed by atoms with Gasteiger partial charge in [0.2, 0.25) is 23.6 Å². The molecule has 0 aromatic carbocycles. The van der Waals surface area contributed by atoms with Crippen LogP contribution in [0.4, 0.5) is 0 Å². The number of hydrogen-bond acceptors (Lipinski definition) is 7. The minimum Gasteiger partial charge on any atom is -0.444 e. The quantitative estimate of drug-likeness (QED) is 0.178. The van der Waals surface area contributed by atoms with E-state index in [2.05, 4.69) is 22.5 Å². The number of amides is 4. The van der Waals surface area contributed by atoms with E-state index in [0.717, 1.165) is 19.3 Å². The second-order valence-corrected chi connectivity index (χ2v) is 11.1. The predicted octanol–water partition coefficient (Wildman–Crippen LogP) is 2.09. The van der Waals surface area contributed by atoms with Crippen LogP contribution in [0.1, 0.15) is 103 Å². The second kappa shape index (κ2) is 16.7. The Balaban J connectivity index is 1.53. The van der Waals surface area contributed by atoms with Gasteiger partial charge in [-0.25, -0.2) is 4.98 Å². The minimum absolute atomic E-state index is 0.0586. The van der Waals surface area contributed by atoms with E-state index < -0.39 is 35.8 Å². The first kappa shape index (κ1) is 32.1. The van der Waals surface area contributed by atoms with Crippen LogP contribution in [0.2, 0.25) is 0 Å². The fourth-order valence-corrected chi connectivity index (χ4v) is 5.45. The van der Waals surface area contributed by atoms with E-state index in [1.165, 1.54) is 49.8 Å². The lowest BCUT2D eigenvalue weighted by Gasteiger charge is -2.28. The van der Waals surface area contributed by atoms with E-state index in [-0.39, 0.29) is 31.4 Å². The maximum atomic E-state index is 13.5. The number of nitrogens with one attached hydrogen (secondary N) is 2. The standard InChI is InChI=1S/C29H46N6O6/c1-2-3-4-5-6-7-8-9-10-13-26(37)41-20-34-19-31-18-21(34)17-23(33-28(39)22-14-15-25(36)32-22)29(40)35-16-11-12-24(35)27(30)38/h18-19,22-24H,2-17,20H2,1H3,(H2,30,38)(H,32,36)(H,33,39)/t22?,23-,24?/m0/s1. The van der Waals surface area contributed by atoms with Crippen molar-refractivity contribution < 1.29 is 28.7 Å². The van der Waals surface area contributed by atoms with Crippen LogP contribution in [-0.2, 0) is 41.9 Å². The third-order valence-electron chi connectivity index (χ3n) is 7.85. The zero-order chi connectivity index (χ0) is 29.6. The number of ether oxygens (including phenoxy) is 1. The summed E-state index contributed by atoms with van der Waals surface area (Å²) in [5, 5.41) is 5.37. The molecule has 2 saturated heterocycles. The molecule has 1 aromatic rings. The molecule has 0 spiro atoms. The van der Waals surface area contributed by atoms with Crippen LogP contribution in [0.5, 0.6) is 0 Å². The van der Waals surface area contributed by atoms with Crippen LogP contribution in [-0.4, -0.2) is 68.7 Å². The van der Waals surface area contributed by atoms with Crippen molar-refractivity contribution in [1.29, 1.82) is 0 Å². The molecule has 12 nitrogen and oxygen atoms in total. The number of unbranched alkanes of at least 4 members (excludes halogenated alkanes) is 8. The van der Waals surface area contributed by atoms with Crippen LogP contribution in [0.25, 0.3) is 0 Å². The maximum absolute atomic E-state index is 13.5. The second-order valence-electron chi connectivity index (χ2n) is 11.1.